The normalized spacial score (nSPS) is 19.0. The van der Waals surface area contributed by atoms with Crippen LogP contribution in [0, 0.1) is 11.8 Å². The van der Waals surface area contributed by atoms with Crippen molar-refractivity contribution in [1.29, 1.82) is 0 Å². The van der Waals surface area contributed by atoms with Gasteiger partial charge in [0.15, 0.2) is 0 Å². The molecule has 1 aliphatic carbocycles. The smallest absolute Gasteiger partial charge is 0.326 e. The lowest BCUT2D eigenvalue weighted by molar-refractivity contribution is -0.141. The minimum absolute atomic E-state index is 0.0268. The number of unbranched alkanes of at least 4 members (excludes halogenated alkanes) is 1. The number of carbonyl (C=O) groups excluding carboxylic acids is 4. The van der Waals surface area contributed by atoms with Crippen molar-refractivity contribution in [3.63, 3.8) is 0 Å². The first kappa shape index (κ1) is 59.6. The predicted octanol–water partition coefficient (Wildman–Crippen LogP) is -0.670. The Morgan fingerprint density at radius 3 is 1.51 bits per heavy atom. The number of nitrogens with zero attached hydrogens (tertiary/aromatic N) is 4. The summed E-state index contributed by atoms with van der Waals surface area (Å²) < 4.78 is 0. The molecule has 2 fully saturated rings. The second kappa shape index (κ2) is 32.3. The van der Waals surface area contributed by atoms with Crippen molar-refractivity contribution in [3.05, 3.63) is 42.0 Å². The first-order chi connectivity index (χ1) is 34.3. The van der Waals surface area contributed by atoms with E-state index in [-0.39, 0.29) is 109 Å². The topological polar surface area (TPSA) is 365 Å². The Labute approximate surface area is 417 Å². The van der Waals surface area contributed by atoms with E-state index in [1.165, 1.54) is 0 Å². The first-order valence-corrected chi connectivity index (χ1v) is 24.1. The summed E-state index contributed by atoms with van der Waals surface area (Å²) in [5.74, 6) is -8.65. The lowest BCUT2D eigenvalue weighted by Gasteiger charge is -2.33. The third-order valence-corrected chi connectivity index (χ3v) is 12.4. The molecule has 3 atom stereocenters. The quantitative estimate of drug-likeness (QED) is 0.0464. The van der Waals surface area contributed by atoms with Crippen molar-refractivity contribution in [2.75, 3.05) is 91.6 Å². The van der Waals surface area contributed by atoms with Crippen LogP contribution in [0.15, 0.2) is 36.4 Å². The molecule has 1 aromatic rings. The van der Waals surface area contributed by atoms with Gasteiger partial charge >= 0.3 is 41.8 Å². The number of carbonyl (C=O) groups is 10. The molecule has 0 aromatic heterocycles. The van der Waals surface area contributed by atoms with E-state index < -0.39 is 84.6 Å². The molecule has 0 bridgehead atoms. The molecule has 25 heteroatoms. The zero-order chi connectivity index (χ0) is 53.0. The van der Waals surface area contributed by atoms with E-state index in [1.54, 1.807) is 20.8 Å². The third-order valence-electron chi connectivity index (χ3n) is 12.4. The number of carboxylic acid groups (broad SMARTS) is 6. The standard InChI is InChI=1S/C47H71N9O16/c57-38(28-53-19-21-54(29-40(60)61)23-25-56(31-42(64)65)26-24-55(22-20-53)30-41(62)63)49-27-33-12-14-34(15-13-33)43(66)50-35(11-6-9-32-7-2-1-3-8-32)44(67)48-18-5-4-10-36(45(68)69)51-47(72)52-37(46(70)71)16-17-39(58)59/h1-3,6-9,33-37H,4-5,10-31H2,(H,48,67)(H,49,57)(H,50,66)(H,58,59)(H,60,61)(H,62,63)(H,64,65)(H,68,69)(H,70,71)(H2,51,52,72)/b9-6+/t33?,34?,35-,36?,37-/m0/s1. The molecular formula is C47H71N9O16. The maximum atomic E-state index is 13.6. The molecule has 2 aliphatic rings. The molecule has 5 amide bonds. The van der Waals surface area contributed by atoms with Crippen LogP contribution < -0.4 is 26.6 Å². The fourth-order valence-corrected chi connectivity index (χ4v) is 8.31. The number of hydrogen-bond donors (Lipinski definition) is 11. The van der Waals surface area contributed by atoms with Gasteiger partial charge in [-0.15, -0.1) is 0 Å². The number of nitrogens with one attached hydrogen (secondary N) is 5. The SMILES string of the molecule is O=C(O)CC[C@H](NC(=O)NC(CCCCNC(=O)[C@H](C/C=C/c1ccccc1)NC(=O)C1CCC(CNC(=O)CN2CCN(CC(=O)O)CCN(CC(=O)O)CCN(CC(=O)O)CC2)CC1)C(=O)O)C(=O)O. The zero-order valence-electron chi connectivity index (χ0n) is 40.5. The minimum atomic E-state index is -1.55. The molecule has 11 N–H and O–H groups in total. The van der Waals surface area contributed by atoms with Gasteiger partial charge in [-0.2, -0.15) is 0 Å². The van der Waals surface area contributed by atoms with Gasteiger partial charge in [-0.05, 0) is 69.3 Å². The zero-order valence-corrected chi connectivity index (χ0v) is 40.5. The lowest BCUT2D eigenvalue weighted by atomic mass is 9.81. The number of hydrogen-bond acceptors (Lipinski definition) is 14. The summed E-state index contributed by atoms with van der Waals surface area (Å²) in [6.07, 6.45) is 5.53. The summed E-state index contributed by atoms with van der Waals surface area (Å²) in [5.41, 5.74) is 0.887. The highest BCUT2D eigenvalue weighted by atomic mass is 16.4. The summed E-state index contributed by atoms with van der Waals surface area (Å²) >= 11 is 0. The van der Waals surface area contributed by atoms with Gasteiger partial charge in [-0.1, -0.05) is 42.5 Å². The molecule has 0 spiro atoms. The molecule has 1 aromatic carbocycles. The Hall–Kier alpha value is -6.70. The maximum absolute atomic E-state index is 13.6. The van der Waals surface area contributed by atoms with Crippen molar-refractivity contribution < 1.29 is 78.6 Å². The van der Waals surface area contributed by atoms with Gasteiger partial charge in [0.2, 0.25) is 17.7 Å². The van der Waals surface area contributed by atoms with E-state index in [1.807, 2.05) is 41.3 Å². The molecule has 1 saturated heterocycles. The summed E-state index contributed by atoms with van der Waals surface area (Å²) in [4.78, 5) is 129. The van der Waals surface area contributed by atoms with Gasteiger partial charge in [0.1, 0.15) is 18.1 Å². The van der Waals surface area contributed by atoms with Gasteiger partial charge in [0.25, 0.3) is 0 Å². The molecule has 1 aliphatic heterocycles. The van der Waals surface area contributed by atoms with Crippen LogP contribution in [-0.4, -0.2) is 220 Å². The molecule has 72 heavy (non-hydrogen) atoms. The second-order valence-corrected chi connectivity index (χ2v) is 18.0. The highest BCUT2D eigenvalue weighted by molar-refractivity contribution is 5.89. The fraction of sp³-hybridized carbons (Fsp3) is 0.617. The van der Waals surface area contributed by atoms with Crippen LogP contribution in [0.3, 0.4) is 0 Å². The van der Waals surface area contributed by atoms with Crippen LogP contribution >= 0.6 is 0 Å². The van der Waals surface area contributed by atoms with Gasteiger partial charge in [-0.3, -0.25) is 53.2 Å². The van der Waals surface area contributed by atoms with Crippen LogP contribution in [0.2, 0.25) is 0 Å². The van der Waals surface area contributed by atoms with Gasteiger partial charge < -0.3 is 57.2 Å². The van der Waals surface area contributed by atoms with Gasteiger partial charge in [0.05, 0.1) is 26.2 Å². The lowest BCUT2D eigenvalue weighted by Crippen LogP contribution is -2.51. The largest absolute Gasteiger partial charge is 0.481 e. The van der Waals surface area contributed by atoms with Crippen LogP contribution in [0.1, 0.15) is 69.8 Å². The average molecular weight is 1020 g/mol. The minimum Gasteiger partial charge on any atom is -0.481 e. The van der Waals surface area contributed by atoms with Crippen LogP contribution in [0.4, 0.5) is 4.79 Å². The van der Waals surface area contributed by atoms with Crippen molar-refractivity contribution in [3.8, 4) is 0 Å². The maximum Gasteiger partial charge on any atom is 0.326 e. The van der Waals surface area contributed by atoms with E-state index >= 15 is 0 Å². The highest BCUT2D eigenvalue weighted by Gasteiger charge is 2.30. The van der Waals surface area contributed by atoms with E-state index in [2.05, 4.69) is 26.6 Å². The Kier molecular flexibility index (Phi) is 26.7. The molecule has 3 rings (SSSR count). The summed E-state index contributed by atoms with van der Waals surface area (Å²) in [6.45, 7) is 1.75. The molecule has 1 unspecified atom stereocenters. The Bertz CT molecular complexity index is 1970. The molecule has 25 nitrogen and oxygen atoms in total. The van der Waals surface area contributed by atoms with Crippen LogP contribution in [-0.2, 0) is 43.2 Å². The summed E-state index contributed by atoms with van der Waals surface area (Å²) in [7, 11) is 0. The third kappa shape index (κ3) is 24.9. The van der Waals surface area contributed by atoms with Crippen molar-refractivity contribution in [1.82, 2.24) is 46.2 Å². The van der Waals surface area contributed by atoms with E-state index in [4.69, 9.17) is 5.11 Å². The molecule has 1 saturated carbocycles. The van der Waals surface area contributed by atoms with E-state index in [0.29, 0.717) is 51.7 Å². The number of aliphatic carboxylic acids is 6. The Morgan fingerprint density at radius 2 is 1.04 bits per heavy atom. The Balaban J connectivity index is 1.53. The van der Waals surface area contributed by atoms with Crippen LogP contribution in [0.25, 0.3) is 6.08 Å². The van der Waals surface area contributed by atoms with Gasteiger partial charge in [-0.25, -0.2) is 14.4 Å². The predicted molar refractivity (Wildman–Crippen MR) is 257 cm³/mol. The summed E-state index contributed by atoms with van der Waals surface area (Å²) in [5, 5.41) is 69.1. The number of carboxylic acids is 6. The number of benzene rings is 1. The number of amides is 5. The van der Waals surface area contributed by atoms with Crippen LogP contribution in [0.5, 0.6) is 0 Å². The van der Waals surface area contributed by atoms with Crippen molar-refractivity contribution in [2.45, 2.75) is 82.3 Å². The fourth-order valence-electron chi connectivity index (χ4n) is 8.31. The number of rotatable bonds is 28. The molecule has 400 valence electrons. The number of urea groups is 1. The van der Waals surface area contributed by atoms with Gasteiger partial charge in [0, 0.05) is 77.8 Å². The second-order valence-electron chi connectivity index (χ2n) is 18.0. The summed E-state index contributed by atoms with van der Waals surface area (Å²) in [6, 6.07) is 4.36. The van der Waals surface area contributed by atoms with Crippen molar-refractivity contribution in [2.24, 2.45) is 11.8 Å². The molecular weight excluding hydrogens is 947 g/mol. The first-order valence-electron chi connectivity index (χ1n) is 24.1. The van der Waals surface area contributed by atoms with E-state index in [0.717, 1.165) is 5.56 Å². The molecule has 0 radical (unpaired) electrons. The van der Waals surface area contributed by atoms with Crippen molar-refractivity contribution >= 4 is 65.6 Å². The Morgan fingerprint density at radius 1 is 0.556 bits per heavy atom. The molecule has 1 heterocycles. The monoisotopic (exact) mass is 1020 g/mol. The van der Waals surface area contributed by atoms with E-state index in [9.17, 15) is 73.5 Å². The highest BCUT2D eigenvalue weighted by Crippen LogP contribution is 2.29. The average Bonchev–Trinajstić information content (AvgIpc) is 3.31.